The molecule has 4 aromatic carbocycles. The van der Waals surface area contributed by atoms with Crippen LogP contribution < -0.4 is 26.3 Å². The van der Waals surface area contributed by atoms with Crippen molar-refractivity contribution in [3.8, 4) is 11.5 Å². The van der Waals surface area contributed by atoms with Gasteiger partial charge in [0.2, 0.25) is 0 Å². The number of amides is 2. The van der Waals surface area contributed by atoms with Gasteiger partial charge in [-0.25, -0.2) is 13.6 Å². The lowest BCUT2D eigenvalue weighted by atomic mass is 9.89. The van der Waals surface area contributed by atoms with Crippen molar-refractivity contribution in [3.63, 3.8) is 0 Å². The van der Waals surface area contributed by atoms with E-state index in [0.29, 0.717) is 95.9 Å². The normalized spacial score (nSPS) is 16.3. The van der Waals surface area contributed by atoms with Crippen LogP contribution in [0.15, 0.2) is 84.9 Å². The zero-order valence-corrected chi connectivity index (χ0v) is 33.9. The van der Waals surface area contributed by atoms with Crippen molar-refractivity contribution in [2.24, 2.45) is 17.6 Å². The van der Waals surface area contributed by atoms with Crippen molar-refractivity contribution in [1.29, 1.82) is 0 Å². The van der Waals surface area contributed by atoms with Gasteiger partial charge in [0.1, 0.15) is 48.6 Å². The molecule has 0 saturated carbocycles. The van der Waals surface area contributed by atoms with Crippen LogP contribution in [0.2, 0.25) is 10.0 Å². The first-order valence-electron chi connectivity index (χ1n) is 19.3. The summed E-state index contributed by atoms with van der Waals surface area (Å²) in [6, 6.07) is 20.2. The van der Waals surface area contributed by atoms with E-state index in [1.54, 1.807) is 30.3 Å². The third-order valence-electron chi connectivity index (χ3n) is 10.1. The molecule has 2 fully saturated rings. The molecule has 2 heterocycles. The molecule has 59 heavy (non-hydrogen) atoms. The molecule has 7 N–H and O–H groups in total. The largest absolute Gasteiger partial charge is 0.489 e. The highest BCUT2D eigenvalue weighted by molar-refractivity contribution is 6.31. The number of hydrogen-bond acceptors (Lipinski definition) is 10. The molecule has 2 aliphatic heterocycles. The number of likely N-dealkylation sites (tertiary alicyclic amines) is 2. The Bertz CT molecular complexity index is 2010. The number of β-amino-alcohol motifs (C(OH)–C–C–N with tert-alkyl or cyclic N) is 2. The van der Waals surface area contributed by atoms with E-state index in [2.05, 4.69) is 15.1 Å². The number of anilines is 2. The van der Waals surface area contributed by atoms with E-state index >= 15 is 0 Å². The SMILES string of the molecule is NC(=O)Nc1cc(Cl)ccc1OCC(O)CN1CCC(C(=O)c2ccc(F)cc2)CC1.Nc1cc(Cl)ccc1OCC(O)CN1CCC(C(=O)c2ccc(F)cc2)CC1. The highest BCUT2D eigenvalue weighted by Crippen LogP contribution is 2.29. The molecule has 16 heteroatoms. The first kappa shape index (κ1) is 45.3. The van der Waals surface area contributed by atoms with Gasteiger partial charge in [0, 0.05) is 46.1 Å². The van der Waals surface area contributed by atoms with Crippen molar-refractivity contribution < 1.29 is 42.9 Å². The topological polar surface area (TPSA) is 181 Å². The highest BCUT2D eigenvalue weighted by atomic mass is 35.5. The molecule has 4 aromatic rings. The van der Waals surface area contributed by atoms with Gasteiger partial charge in [-0.1, -0.05) is 23.2 Å². The summed E-state index contributed by atoms with van der Waals surface area (Å²) in [5.74, 6) is 0.0533. The van der Waals surface area contributed by atoms with Crippen LogP contribution in [-0.4, -0.2) is 102 Å². The second-order valence-electron chi connectivity index (χ2n) is 14.6. The molecule has 316 valence electrons. The molecular formula is C43H49Cl2F2N5O7. The molecule has 12 nitrogen and oxygen atoms in total. The van der Waals surface area contributed by atoms with E-state index < -0.39 is 18.2 Å². The number of primary amides is 1. The van der Waals surface area contributed by atoms with Crippen LogP contribution in [0.1, 0.15) is 46.4 Å². The average molecular weight is 857 g/mol. The molecule has 0 spiro atoms. The lowest BCUT2D eigenvalue weighted by Gasteiger charge is -2.32. The second-order valence-corrected chi connectivity index (χ2v) is 15.5. The van der Waals surface area contributed by atoms with Gasteiger partial charge < -0.3 is 46.3 Å². The summed E-state index contributed by atoms with van der Waals surface area (Å²) in [5.41, 5.74) is 12.8. The lowest BCUT2D eigenvalue weighted by molar-refractivity contribution is 0.0522. The molecule has 2 aliphatic rings. The number of carbonyl (C=O) groups is 3. The Balaban J connectivity index is 0.000000225. The number of ketones is 2. The summed E-state index contributed by atoms with van der Waals surface area (Å²) in [7, 11) is 0. The number of nitrogens with zero attached hydrogens (tertiary/aromatic N) is 2. The molecule has 0 aromatic heterocycles. The second kappa shape index (κ2) is 22.0. The number of halogens is 4. The third kappa shape index (κ3) is 14.2. The van der Waals surface area contributed by atoms with Crippen molar-refractivity contribution in [2.75, 3.05) is 63.5 Å². The lowest BCUT2D eigenvalue weighted by Crippen LogP contribution is -2.42. The Labute approximate surface area is 352 Å². The van der Waals surface area contributed by atoms with E-state index in [1.807, 2.05) is 0 Å². The number of ether oxygens (including phenoxy) is 2. The number of nitrogens with two attached hydrogens (primary N) is 2. The summed E-state index contributed by atoms with van der Waals surface area (Å²) in [5, 5.41) is 24.0. The van der Waals surface area contributed by atoms with Crippen molar-refractivity contribution in [1.82, 2.24) is 9.80 Å². The Morgan fingerprint density at radius 3 is 1.51 bits per heavy atom. The number of nitrogen functional groups attached to an aromatic ring is 1. The Hall–Kier alpha value is -4.83. The molecule has 2 atom stereocenters. The molecule has 2 unspecified atom stereocenters. The van der Waals surface area contributed by atoms with E-state index in [1.165, 1.54) is 54.6 Å². The maximum atomic E-state index is 13.0. The summed E-state index contributed by atoms with van der Waals surface area (Å²) in [6.07, 6.45) is 1.35. The Morgan fingerprint density at radius 2 is 1.08 bits per heavy atom. The molecule has 0 aliphatic carbocycles. The summed E-state index contributed by atoms with van der Waals surface area (Å²) < 4.78 is 37.3. The summed E-state index contributed by atoms with van der Waals surface area (Å²) in [6.45, 7) is 3.78. The number of Topliss-reactive ketones (excluding diaryl/α,β-unsaturated/α-hetero) is 2. The van der Waals surface area contributed by atoms with Crippen LogP contribution in [0, 0.1) is 23.5 Å². The predicted octanol–water partition coefficient (Wildman–Crippen LogP) is 6.70. The van der Waals surface area contributed by atoms with Gasteiger partial charge in [-0.2, -0.15) is 0 Å². The van der Waals surface area contributed by atoms with Crippen LogP contribution in [0.5, 0.6) is 11.5 Å². The summed E-state index contributed by atoms with van der Waals surface area (Å²) in [4.78, 5) is 40.4. The summed E-state index contributed by atoms with van der Waals surface area (Å²) >= 11 is 11.8. The van der Waals surface area contributed by atoms with Gasteiger partial charge in [0.15, 0.2) is 11.6 Å². The molecule has 0 radical (unpaired) electrons. The number of carbonyl (C=O) groups excluding carboxylic acids is 3. The van der Waals surface area contributed by atoms with Crippen LogP contribution in [0.3, 0.4) is 0 Å². The predicted molar refractivity (Wildman–Crippen MR) is 223 cm³/mol. The standard InChI is InChI=1S/C22H25ClFN3O4.C21H24ClFN2O3/c23-16-3-6-20(19(11-16)26-22(25)30)31-13-18(28)12-27-9-7-15(8-10-27)21(29)14-1-4-17(24)5-2-14;22-16-3-6-20(19(24)11-16)28-13-18(26)12-25-9-7-15(8-10-25)21(27)14-1-4-17(23)5-2-14/h1-6,11,15,18,28H,7-10,12-13H2,(H3,25,26,30);1-6,11,15,18,26H,7-10,12-13,24H2. The van der Waals surface area contributed by atoms with Crippen LogP contribution >= 0.6 is 23.2 Å². The number of urea groups is 1. The smallest absolute Gasteiger partial charge is 0.316 e. The molecule has 6 rings (SSSR count). The van der Waals surface area contributed by atoms with Crippen LogP contribution in [0.25, 0.3) is 0 Å². The van der Waals surface area contributed by atoms with Crippen molar-refractivity contribution >= 4 is 52.2 Å². The van der Waals surface area contributed by atoms with E-state index in [0.717, 1.165) is 13.1 Å². The fraction of sp³-hybridized carbons (Fsp3) is 0.372. The Morgan fingerprint density at radius 1 is 0.678 bits per heavy atom. The highest BCUT2D eigenvalue weighted by Gasteiger charge is 2.28. The number of aliphatic hydroxyl groups is 2. The number of piperidine rings is 2. The molecule has 2 amide bonds. The van der Waals surface area contributed by atoms with Gasteiger partial charge >= 0.3 is 6.03 Å². The van der Waals surface area contributed by atoms with Crippen molar-refractivity contribution in [3.05, 3.63) is 118 Å². The number of benzene rings is 4. The van der Waals surface area contributed by atoms with Gasteiger partial charge in [-0.15, -0.1) is 0 Å². The zero-order chi connectivity index (χ0) is 42.5. The fourth-order valence-corrected chi connectivity index (χ4v) is 7.39. The average Bonchev–Trinajstić information content (AvgIpc) is 3.21. The minimum atomic E-state index is -0.763. The van der Waals surface area contributed by atoms with Crippen LogP contribution in [-0.2, 0) is 0 Å². The minimum Gasteiger partial charge on any atom is -0.489 e. The number of nitrogens with one attached hydrogen (secondary N) is 1. The van der Waals surface area contributed by atoms with Gasteiger partial charge in [-0.05, 0) is 137 Å². The number of rotatable bonds is 15. The maximum Gasteiger partial charge on any atom is 0.316 e. The monoisotopic (exact) mass is 855 g/mol. The quantitative estimate of drug-likeness (QED) is 0.0638. The van der Waals surface area contributed by atoms with Crippen LogP contribution in [0.4, 0.5) is 25.0 Å². The number of hydrogen-bond donors (Lipinski definition) is 5. The molecule has 2 saturated heterocycles. The van der Waals surface area contributed by atoms with E-state index in [-0.39, 0.29) is 48.3 Å². The third-order valence-corrected chi connectivity index (χ3v) is 10.6. The fourth-order valence-electron chi connectivity index (χ4n) is 7.04. The van der Waals surface area contributed by atoms with Crippen molar-refractivity contribution in [2.45, 2.75) is 37.9 Å². The van der Waals surface area contributed by atoms with E-state index in [9.17, 15) is 33.4 Å². The number of aliphatic hydroxyl groups excluding tert-OH is 2. The van der Waals surface area contributed by atoms with E-state index in [4.69, 9.17) is 44.1 Å². The van der Waals surface area contributed by atoms with Gasteiger partial charge in [-0.3, -0.25) is 9.59 Å². The first-order valence-corrected chi connectivity index (χ1v) is 20.1. The minimum absolute atomic E-state index is 0.0174. The zero-order valence-electron chi connectivity index (χ0n) is 32.4. The Kier molecular flexibility index (Phi) is 16.8. The van der Waals surface area contributed by atoms with Gasteiger partial charge in [0.05, 0.1) is 11.4 Å². The first-order chi connectivity index (χ1) is 28.2. The molecule has 0 bridgehead atoms. The maximum absolute atomic E-state index is 13.0. The molecular weight excluding hydrogens is 807 g/mol. The van der Waals surface area contributed by atoms with Gasteiger partial charge in [0.25, 0.3) is 0 Å².